The summed E-state index contributed by atoms with van der Waals surface area (Å²) in [5.41, 5.74) is 1.55. The van der Waals surface area contributed by atoms with E-state index in [1.54, 1.807) is 6.20 Å². The molecule has 1 saturated carbocycles. The largest absolute Gasteiger partial charge is 0.324 e. The predicted octanol–water partition coefficient (Wildman–Crippen LogP) is 1.83. The van der Waals surface area contributed by atoms with Gasteiger partial charge >= 0.3 is 0 Å². The first kappa shape index (κ1) is 7.50. The second-order valence-corrected chi connectivity index (χ2v) is 4.50. The fraction of sp³-hybridized carbons (Fsp3) is 0.333. The molecule has 3 nitrogen and oxygen atoms in total. The van der Waals surface area contributed by atoms with Crippen LogP contribution in [0.2, 0.25) is 0 Å². The number of aromatic nitrogens is 1. The minimum Gasteiger partial charge on any atom is -0.324 e. The summed E-state index contributed by atoms with van der Waals surface area (Å²) in [6, 6.07) is 1.91. The van der Waals surface area contributed by atoms with Crippen LogP contribution in [0.5, 0.6) is 0 Å². The summed E-state index contributed by atoms with van der Waals surface area (Å²) in [5.74, 6) is 0.119. The lowest BCUT2D eigenvalue weighted by Crippen LogP contribution is -2.18. The van der Waals surface area contributed by atoms with E-state index in [1.807, 2.05) is 6.07 Å². The topological polar surface area (TPSA) is 42.0 Å². The summed E-state index contributed by atoms with van der Waals surface area (Å²) < 4.78 is 0.907. The zero-order valence-corrected chi connectivity index (χ0v) is 8.39. The van der Waals surface area contributed by atoms with Crippen LogP contribution in [-0.4, -0.2) is 10.9 Å². The van der Waals surface area contributed by atoms with Gasteiger partial charge in [-0.3, -0.25) is 9.78 Å². The Balaban J connectivity index is 2.22. The van der Waals surface area contributed by atoms with Crippen molar-refractivity contribution in [2.75, 3.05) is 5.32 Å². The number of pyridine rings is 1. The van der Waals surface area contributed by atoms with Crippen molar-refractivity contribution in [1.82, 2.24) is 4.98 Å². The molecule has 2 heterocycles. The number of anilines is 1. The number of nitrogens with zero attached hydrogens (tertiary/aromatic N) is 1. The second kappa shape index (κ2) is 2.12. The fourth-order valence-electron chi connectivity index (χ4n) is 1.85. The molecule has 1 fully saturated rings. The Morgan fingerprint density at radius 2 is 2.31 bits per heavy atom. The molecule has 0 saturated heterocycles. The first-order chi connectivity index (χ1) is 6.22. The molecule has 1 aliphatic heterocycles. The van der Waals surface area contributed by atoms with Gasteiger partial charge in [-0.15, -0.1) is 0 Å². The van der Waals surface area contributed by atoms with Gasteiger partial charge in [-0.1, -0.05) is 0 Å². The lowest BCUT2D eigenvalue weighted by molar-refractivity contribution is -0.117. The number of rotatable bonds is 0. The van der Waals surface area contributed by atoms with Crippen LogP contribution in [0.4, 0.5) is 5.69 Å². The Morgan fingerprint density at radius 3 is 3.00 bits per heavy atom. The molecule has 4 heteroatoms. The molecule has 0 unspecified atom stereocenters. The molecule has 2 aliphatic rings. The Morgan fingerprint density at radius 1 is 1.54 bits per heavy atom. The van der Waals surface area contributed by atoms with Gasteiger partial charge < -0.3 is 5.32 Å². The maximum atomic E-state index is 11.6. The van der Waals surface area contributed by atoms with E-state index in [0.29, 0.717) is 0 Å². The zero-order valence-electron chi connectivity index (χ0n) is 6.80. The van der Waals surface area contributed by atoms with E-state index in [1.165, 1.54) is 0 Å². The van der Waals surface area contributed by atoms with Gasteiger partial charge in [-0.25, -0.2) is 0 Å². The average Bonchev–Trinajstić information content (AvgIpc) is 2.80. The molecule has 0 bridgehead atoms. The Labute approximate surface area is 83.7 Å². The molecule has 3 rings (SSSR count). The van der Waals surface area contributed by atoms with Gasteiger partial charge in [0.25, 0.3) is 0 Å². The number of hydrogen-bond acceptors (Lipinski definition) is 2. The van der Waals surface area contributed by atoms with Crippen molar-refractivity contribution >= 4 is 27.5 Å². The number of halogens is 1. The third-order valence-corrected chi connectivity index (χ3v) is 3.17. The highest BCUT2D eigenvalue weighted by molar-refractivity contribution is 9.10. The third kappa shape index (κ3) is 0.839. The SMILES string of the molecule is O=C1Nc2cc(Br)cnc2C12CC2. The Bertz CT molecular complexity index is 412. The van der Waals surface area contributed by atoms with E-state index < -0.39 is 0 Å². The Hall–Kier alpha value is -0.900. The number of hydrogen-bond donors (Lipinski definition) is 1. The molecule has 13 heavy (non-hydrogen) atoms. The normalized spacial score (nSPS) is 21.5. The third-order valence-electron chi connectivity index (χ3n) is 2.74. The summed E-state index contributed by atoms with van der Waals surface area (Å²) >= 11 is 3.33. The van der Waals surface area contributed by atoms with Crippen molar-refractivity contribution < 1.29 is 4.79 Å². The summed E-state index contributed by atoms with van der Waals surface area (Å²) in [4.78, 5) is 15.9. The highest BCUT2D eigenvalue weighted by Gasteiger charge is 2.57. The molecular weight excluding hydrogens is 232 g/mol. The van der Waals surface area contributed by atoms with E-state index in [4.69, 9.17) is 0 Å². The molecule has 1 N–H and O–H groups in total. The van der Waals surface area contributed by atoms with Crippen molar-refractivity contribution in [1.29, 1.82) is 0 Å². The minimum atomic E-state index is -0.254. The Kier molecular flexibility index (Phi) is 1.22. The standard InChI is InChI=1S/C9H7BrN2O/c10-5-3-6-7(11-4-5)9(1-2-9)8(13)12-6/h3-4H,1-2H2,(H,12,13). The molecule has 66 valence electrons. The van der Waals surface area contributed by atoms with Crippen LogP contribution in [0.1, 0.15) is 18.5 Å². The molecule has 0 atom stereocenters. The molecule has 1 amide bonds. The van der Waals surface area contributed by atoms with E-state index in [9.17, 15) is 4.79 Å². The van der Waals surface area contributed by atoms with Crippen molar-refractivity contribution in [2.24, 2.45) is 0 Å². The van der Waals surface area contributed by atoms with E-state index >= 15 is 0 Å². The maximum absolute atomic E-state index is 11.6. The number of amides is 1. The highest BCUT2D eigenvalue weighted by Crippen LogP contribution is 2.54. The van der Waals surface area contributed by atoms with Crippen molar-refractivity contribution in [3.63, 3.8) is 0 Å². The van der Waals surface area contributed by atoms with Gasteiger partial charge in [0, 0.05) is 10.7 Å². The van der Waals surface area contributed by atoms with E-state index in [0.717, 1.165) is 28.7 Å². The second-order valence-electron chi connectivity index (χ2n) is 3.59. The molecular formula is C9H7BrN2O. The van der Waals surface area contributed by atoms with Crippen LogP contribution in [0, 0.1) is 0 Å². The lowest BCUT2D eigenvalue weighted by Gasteiger charge is -2.01. The molecule has 1 spiro atoms. The summed E-state index contributed by atoms with van der Waals surface area (Å²) in [7, 11) is 0. The molecule has 1 aromatic rings. The molecule has 0 aromatic carbocycles. The first-order valence-electron chi connectivity index (χ1n) is 4.20. The summed E-state index contributed by atoms with van der Waals surface area (Å²) in [6.45, 7) is 0. The van der Waals surface area contributed by atoms with Crippen molar-refractivity contribution in [3.8, 4) is 0 Å². The van der Waals surface area contributed by atoms with Crippen LogP contribution < -0.4 is 5.32 Å². The monoisotopic (exact) mass is 238 g/mol. The average molecular weight is 239 g/mol. The summed E-state index contributed by atoms with van der Waals surface area (Å²) in [6.07, 6.45) is 3.64. The molecule has 0 radical (unpaired) electrons. The number of carbonyl (C=O) groups is 1. The minimum absolute atomic E-state index is 0.119. The van der Waals surface area contributed by atoms with Crippen molar-refractivity contribution in [3.05, 3.63) is 22.4 Å². The van der Waals surface area contributed by atoms with Gasteiger partial charge in [-0.2, -0.15) is 0 Å². The fourth-order valence-corrected chi connectivity index (χ4v) is 2.19. The van der Waals surface area contributed by atoms with Gasteiger partial charge in [-0.05, 0) is 34.8 Å². The predicted molar refractivity (Wildman–Crippen MR) is 51.5 cm³/mol. The van der Waals surface area contributed by atoms with Gasteiger partial charge in [0.1, 0.15) is 0 Å². The lowest BCUT2D eigenvalue weighted by atomic mass is 10.0. The van der Waals surface area contributed by atoms with Crippen LogP contribution in [0.25, 0.3) is 0 Å². The van der Waals surface area contributed by atoms with Gasteiger partial charge in [0.05, 0.1) is 16.8 Å². The van der Waals surface area contributed by atoms with Crippen LogP contribution >= 0.6 is 15.9 Å². The number of carbonyl (C=O) groups excluding carboxylic acids is 1. The molecule has 1 aromatic heterocycles. The number of nitrogens with one attached hydrogen (secondary N) is 1. The van der Waals surface area contributed by atoms with Crippen LogP contribution in [0.3, 0.4) is 0 Å². The number of fused-ring (bicyclic) bond motifs is 2. The smallest absolute Gasteiger partial charge is 0.236 e. The first-order valence-corrected chi connectivity index (χ1v) is 4.99. The van der Waals surface area contributed by atoms with E-state index in [2.05, 4.69) is 26.2 Å². The highest BCUT2D eigenvalue weighted by atomic mass is 79.9. The summed E-state index contributed by atoms with van der Waals surface area (Å²) in [5, 5.41) is 2.86. The van der Waals surface area contributed by atoms with Crippen LogP contribution in [0.15, 0.2) is 16.7 Å². The van der Waals surface area contributed by atoms with Crippen molar-refractivity contribution in [2.45, 2.75) is 18.3 Å². The quantitative estimate of drug-likeness (QED) is 0.750. The maximum Gasteiger partial charge on any atom is 0.236 e. The van der Waals surface area contributed by atoms with Crippen LogP contribution in [-0.2, 0) is 10.2 Å². The molecule has 1 aliphatic carbocycles. The van der Waals surface area contributed by atoms with E-state index in [-0.39, 0.29) is 11.3 Å². The van der Waals surface area contributed by atoms with Gasteiger partial charge in [0.2, 0.25) is 5.91 Å². The van der Waals surface area contributed by atoms with Gasteiger partial charge in [0.15, 0.2) is 0 Å². The zero-order chi connectivity index (χ0) is 9.05.